The summed E-state index contributed by atoms with van der Waals surface area (Å²) in [5.41, 5.74) is 0. The van der Waals surface area contributed by atoms with Crippen LogP contribution in [-0.4, -0.2) is 62.1 Å². The van der Waals surface area contributed by atoms with E-state index in [9.17, 15) is 0 Å². The lowest BCUT2D eigenvalue weighted by molar-refractivity contribution is 0.226. The van der Waals surface area contributed by atoms with Gasteiger partial charge < -0.3 is 10.6 Å². The fourth-order valence-electron chi connectivity index (χ4n) is 2.54. The summed E-state index contributed by atoms with van der Waals surface area (Å²) in [4.78, 5) is 6.89. The van der Waals surface area contributed by atoms with Gasteiger partial charge in [0.15, 0.2) is 5.96 Å². The summed E-state index contributed by atoms with van der Waals surface area (Å²) < 4.78 is 0. The van der Waals surface area contributed by atoms with Gasteiger partial charge in [-0.3, -0.25) is 9.89 Å². The summed E-state index contributed by atoms with van der Waals surface area (Å²) in [6.07, 6.45) is 4.76. The lowest BCUT2D eigenvalue weighted by Gasteiger charge is -2.27. The van der Waals surface area contributed by atoms with Gasteiger partial charge in [-0.2, -0.15) is 11.8 Å². The molecule has 1 atom stereocenters. The zero-order chi connectivity index (χ0) is 14.1. The Labute approximate surface area is 122 Å². The van der Waals surface area contributed by atoms with Crippen molar-refractivity contribution in [2.75, 3.05) is 45.2 Å². The van der Waals surface area contributed by atoms with E-state index in [1.165, 1.54) is 25.9 Å². The summed E-state index contributed by atoms with van der Waals surface area (Å²) in [6.45, 7) is 9.04. The number of guanidine groups is 1. The minimum absolute atomic E-state index is 0.668. The highest BCUT2D eigenvalue weighted by molar-refractivity contribution is 7.98. The first-order valence-corrected chi connectivity index (χ1v) is 8.74. The molecule has 1 fully saturated rings. The monoisotopic (exact) mass is 286 g/mol. The van der Waals surface area contributed by atoms with Crippen LogP contribution in [-0.2, 0) is 0 Å². The Bertz CT molecular complexity index is 268. The molecule has 1 rings (SSSR count). The van der Waals surface area contributed by atoms with Gasteiger partial charge in [0.1, 0.15) is 0 Å². The highest BCUT2D eigenvalue weighted by Gasteiger charge is 2.24. The second-order valence-electron chi connectivity index (χ2n) is 5.56. The van der Waals surface area contributed by atoms with E-state index in [0.29, 0.717) is 6.04 Å². The SMILES string of the molecule is CN=C(NCCSC)NC[C@H]1CCCN1CC(C)C. The number of rotatable bonds is 7. The molecule has 1 aliphatic rings. The quantitative estimate of drug-likeness (QED) is 0.424. The normalized spacial score (nSPS) is 21.1. The number of hydrogen-bond acceptors (Lipinski definition) is 3. The molecule has 2 N–H and O–H groups in total. The van der Waals surface area contributed by atoms with Crippen molar-refractivity contribution >= 4 is 17.7 Å². The molecule has 0 aliphatic carbocycles. The maximum absolute atomic E-state index is 4.27. The maximum Gasteiger partial charge on any atom is 0.191 e. The van der Waals surface area contributed by atoms with Crippen LogP contribution in [0.2, 0.25) is 0 Å². The van der Waals surface area contributed by atoms with Crippen molar-refractivity contribution in [1.29, 1.82) is 0 Å². The standard InChI is InChI=1S/C14H30N4S/c1-12(2)11-18-8-5-6-13(18)10-17-14(15-3)16-7-9-19-4/h12-13H,5-11H2,1-4H3,(H2,15,16,17)/t13-/m1/s1. The van der Waals surface area contributed by atoms with Gasteiger partial charge in [0.2, 0.25) is 0 Å². The van der Waals surface area contributed by atoms with Crippen LogP contribution in [0.3, 0.4) is 0 Å². The second kappa shape index (κ2) is 9.48. The molecule has 19 heavy (non-hydrogen) atoms. The van der Waals surface area contributed by atoms with Crippen LogP contribution in [0, 0.1) is 5.92 Å². The number of nitrogens with one attached hydrogen (secondary N) is 2. The highest BCUT2D eigenvalue weighted by atomic mass is 32.2. The third kappa shape index (κ3) is 6.52. The van der Waals surface area contributed by atoms with Crippen LogP contribution < -0.4 is 10.6 Å². The molecular weight excluding hydrogens is 256 g/mol. The lowest BCUT2D eigenvalue weighted by Crippen LogP contribution is -2.46. The van der Waals surface area contributed by atoms with Crippen molar-refractivity contribution in [1.82, 2.24) is 15.5 Å². The van der Waals surface area contributed by atoms with Crippen LogP contribution in [0.4, 0.5) is 0 Å². The Hall–Kier alpha value is -0.420. The minimum atomic E-state index is 0.668. The molecule has 0 unspecified atom stereocenters. The molecule has 112 valence electrons. The number of aliphatic imine (C=N–C) groups is 1. The summed E-state index contributed by atoms with van der Waals surface area (Å²) >= 11 is 1.85. The summed E-state index contributed by atoms with van der Waals surface area (Å²) in [5.74, 6) is 2.80. The van der Waals surface area contributed by atoms with Crippen LogP contribution in [0.1, 0.15) is 26.7 Å². The van der Waals surface area contributed by atoms with Gasteiger partial charge in [0, 0.05) is 38.5 Å². The number of likely N-dealkylation sites (tertiary alicyclic amines) is 1. The zero-order valence-corrected chi connectivity index (χ0v) is 13.7. The number of thioether (sulfide) groups is 1. The van der Waals surface area contributed by atoms with Gasteiger partial charge in [0.05, 0.1) is 0 Å². The Kier molecular flexibility index (Phi) is 8.30. The number of hydrogen-bond donors (Lipinski definition) is 2. The summed E-state index contributed by atoms with van der Waals surface area (Å²) in [7, 11) is 1.84. The van der Waals surface area contributed by atoms with Gasteiger partial charge in [0.25, 0.3) is 0 Å². The van der Waals surface area contributed by atoms with Crippen molar-refractivity contribution in [3.63, 3.8) is 0 Å². The van der Waals surface area contributed by atoms with E-state index in [1.807, 2.05) is 18.8 Å². The topological polar surface area (TPSA) is 39.7 Å². The molecule has 0 bridgehead atoms. The van der Waals surface area contributed by atoms with Crippen molar-refractivity contribution in [2.24, 2.45) is 10.9 Å². The maximum atomic E-state index is 4.27. The molecule has 1 aliphatic heterocycles. The smallest absolute Gasteiger partial charge is 0.191 e. The van der Waals surface area contributed by atoms with Crippen LogP contribution in [0.15, 0.2) is 4.99 Å². The summed E-state index contributed by atoms with van der Waals surface area (Å²) in [5, 5.41) is 6.81. The van der Waals surface area contributed by atoms with E-state index >= 15 is 0 Å². The first kappa shape index (κ1) is 16.6. The van der Waals surface area contributed by atoms with E-state index < -0.39 is 0 Å². The third-order valence-corrected chi connectivity index (χ3v) is 4.04. The van der Waals surface area contributed by atoms with Gasteiger partial charge >= 0.3 is 0 Å². The second-order valence-corrected chi connectivity index (χ2v) is 6.54. The largest absolute Gasteiger partial charge is 0.356 e. The average molecular weight is 286 g/mol. The van der Waals surface area contributed by atoms with E-state index in [2.05, 4.69) is 40.6 Å². The molecule has 0 aromatic heterocycles. The highest BCUT2D eigenvalue weighted by Crippen LogP contribution is 2.17. The first-order chi connectivity index (χ1) is 9.17. The van der Waals surface area contributed by atoms with Gasteiger partial charge in [-0.25, -0.2) is 0 Å². The summed E-state index contributed by atoms with van der Waals surface area (Å²) in [6, 6.07) is 0.668. The lowest BCUT2D eigenvalue weighted by atomic mass is 10.1. The van der Waals surface area contributed by atoms with Crippen molar-refractivity contribution < 1.29 is 0 Å². The molecule has 1 heterocycles. The van der Waals surface area contributed by atoms with Crippen LogP contribution in [0.5, 0.6) is 0 Å². The van der Waals surface area contributed by atoms with E-state index in [4.69, 9.17) is 0 Å². The predicted molar refractivity (Wildman–Crippen MR) is 87.2 cm³/mol. The van der Waals surface area contributed by atoms with Gasteiger partial charge in [-0.1, -0.05) is 13.8 Å². The molecule has 0 saturated carbocycles. The van der Waals surface area contributed by atoms with Crippen molar-refractivity contribution in [2.45, 2.75) is 32.7 Å². The molecule has 4 nitrogen and oxygen atoms in total. The van der Waals surface area contributed by atoms with Crippen LogP contribution >= 0.6 is 11.8 Å². The fraction of sp³-hybridized carbons (Fsp3) is 0.929. The fourth-order valence-corrected chi connectivity index (χ4v) is 2.85. The van der Waals surface area contributed by atoms with E-state index in [-0.39, 0.29) is 0 Å². The third-order valence-electron chi connectivity index (χ3n) is 3.43. The predicted octanol–water partition coefficient (Wildman–Crippen LogP) is 1.63. The average Bonchev–Trinajstić information content (AvgIpc) is 2.80. The molecule has 0 aromatic carbocycles. The Balaban J connectivity index is 2.29. The minimum Gasteiger partial charge on any atom is -0.356 e. The first-order valence-electron chi connectivity index (χ1n) is 7.34. The molecular formula is C14H30N4S. The Morgan fingerprint density at radius 3 is 2.84 bits per heavy atom. The molecule has 1 saturated heterocycles. The molecule has 0 aromatic rings. The van der Waals surface area contributed by atoms with Crippen molar-refractivity contribution in [3.8, 4) is 0 Å². The van der Waals surface area contributed by atoms with Gasteiger partial charge in [-0.05, 0) is 31.6 Å². The van der Waals surface area contributed by atoms with Gasteiger partial charge in [-0.15, -0.1) is 0 Å². The molecule has 5 heteroatoms. The zero-order valence-electron chi connectivity index (χ0n) is 12.9. The number of nitrogens with zero attached hydrogens (tertiary/aromatic N) is 2. The molecule has 0 amide bonds. The van der Waals surface area contributed by atoms with E-state index in [0.717, 1.165) is 30.7 Å². The van der Waals surface area contributed by atoms with E-state index in [1.54, 1.807) is 0 Å². The Morgan fingerprint density at radius 1 is 1.42 bits per heavy atom. The van der Waals surface area contributed by atoms with Crippen molar-refractivity contribution in [3.05, 3.63) is 0 Å². The van der Waals surface area contributed by atoms with Crippen LogP contribution in [0.25, 0.3) is 0 Å². The molecule has 0 spiro atoms. The Morgan fingerprint density at radius 2 is 2.21 bits per heavy atom. The molecule has 0 radical (unpaired) electrons.